The highest BCUT2D eigenvalue weighted by atomic mass is 16.3. The third-order valence-electron chi connectivity index (χ3n) is 2.63. The first-order chi connectivity index (χ1) is 7.21. The van der Waals surface area contributed by atoms with Crippen LogP contribution in [-0.4, -0.2) is 21.9 Å². The molecule has 2 heteroatoms. The first-order valence-electron chi connectivity index (χ1n) is 5.01. The lowest BCUT2D eigenvalue weighted by atomic mass is 9.86. The molecule has 15 heavy (non-hydrogen) atoms. The minimum absolute atomic E-state index is 0.426. The Labute approximate surface area is 89.2 Å². The minimum atomic E-state index is -1.17. The van der Waals surface area contributed by atoms with E-state index in [-0.39, 0.29) is 0 Å². The zero-order valence-electron chi connectivity index (χ0n) is 8.38. The van der Waals surface area contributed by atoms with Gasteiger partial charge >= 0.3 is 0 Å². The van der Waals surface area contributed by atoms with Crippen LogP contribution in [0.3, 0.4) is 0 Å². The summed E-state index contributed by atoms with van der Waals surface area (Å²) in [5.74, 6) is 0. The van der Waals surface area contributed by atoms with Crippen molar-refractivity contribution in [2.45, 2.75) is 18.1 Å². The van der Waals surface area contributed by atoms with E-state index in [2.05, 4.69) is 0 Å². The van der Waals surface area contributed by atoms with Crippen LogP contribution in [0.25, 0.3) is 0 Å². The second-order valence-electron chi connectivity index (χ2n) is 3.84. The Morgan fingerprint density at radius 3 is 2.53 bits per heavy atom. The highest BCUT2D eigenvalue weighted by Gasteiger charge is 2.32. The zero-order chi connectivity index (χ0) is 10.7. The molecule has 78 valence electrons. The molecule has 0 fully saturated rings. The third kappa shape index (κ3) is 2.17. The van der Waals surface area contributed by atoms with Gasteiger partial charge in [-0.15, -0.1) is 0 Å². The van der Waals surface area contributed by atoms with Gasteiger partial charge in [-0.2, -0.15) is 0 Å². The van der Waals surface area contributed by atoms with Crippen LogP contribution in [0.1, 0.15) is 5.56 Å². The van der Waals surface area contributed by atoms with Gasteiger partial charge in [-0.25, -0.2) is 0 Å². The predicted octanol–water partition coefficient (Wildman–Crippen LogP) is 1.45. The summed E-state index contributed by atoms with van der Waals surface area (Å²) in [6, 6.07) is 9.66. The monoisotopic (exact) mass is 202 g/mol. The van der Waals surface area contributed by atoms with Crippen LogP contribution in [0, 0.1) is 0 Å². The number of hydrogen-bond acceptors (Lipinski definition) is 2. The number of aliphatic hydroxyl groups excluding tert-OH is 1. The molecule has 2 atom stereocenters. The molecular weight excluding hydrogens is 188 g/mol. The Morgan fingerprint density at radius 1 is 1.13 bits per heavy atom. The quantitative estimate of drug-likeness (QED) is 0.762. The molecule has 0 aromatic heterocycles. The van der Waals surface area contributed by atoms with Gasteiger partial charge in [0.1, 0.15) is 11.7 Å². The molecule has 1 aliphatic rings. The van der Waals surface area contributed by atoms with Crippen LogP contribution in [0.15, 0.2) is 54.6 Å². The van der Waals surface area contributed by atoms with E-state index in [4.69, 9.17) is 0 Å². The maximum Gasteiger partial charge on any atom is 0.116 e. The summed E-state index contributed by atoms with van der Waals surface area (Å²) >= 11 is 0. The second-order valence-corrected chi connectivity index (χ2v) is 3.84. The number of hydrogen-bond donors (Lipinski definition) is 2. The van der Waals surface area contributed by atoms with Crippen molar-refractivity contribution in [2.75, 3.05) is 0 Å². The summed E-state index contributed by atoms with van der Waals surface area (Å²) in [5.41, 5.74) is -0.158. The van der Waals surface area contributed by atoms with E-state index in [0.29, 0.717) is 6.42 Å². The van der Waals surface area contributed by atoms with Crippen molar-refractivity contribution in [1.82, 2.24) is 0 Å². The molecule has 0 bridgehead atoms. The van der Waals surface area contributed by atoms with E-state index in [1.807, 2.05) is 30.3 Å². The van der Waals surface area contributed by atoms with Crippen LogP contribution in [0.4, 0.5) is 0 Å². The first kappa shape index (κ1) is 10.1. The first-order valence-corrected chi connectivity index (χ1v) is 5.01. The van der Waals surface area contributed by atoms with Crippen molar-refractivity contribution in [1.29, 1.82) is 0 Å². The molecule has 2 rings (SSSR count). The Kier molecular flexibility index (Phi) is 2.71. The fourth-order valence-corrected chi connectivity index (χ4v) is 1.74. The summed E-state index contributed by atoms with van der Waals surface area (Å²) in [6.07, 6.45) is 6.34. The van der Waals surface area contributed by atoms with Gasteiger partial charge in [-0.05, 0) is 11.6 Å². The molecule has 1 aromatic rings. The van der Waals surface area contributed by atoms with Crippen LogP contribution in [0.2, 0.25) is 0 Å². The van der Waals surface area contributed by atoms with E-state index in [0.717, 1.165) is 5.56 Å². The van der Waals surface area contributed by atoms with Crippen molar-refractivity contribution in [2.24, 2.45) is 0 Å². The topological polar surface area (TPSA) is 40.5 Å². The van der Waals surface area contributed by atoms with E-state index < -0.39 is 11.7 Å². The van der Waals surface area contributed by atoms with E-state index in [1.54, 1.807) is 24.3 Å². The zero-order valence-corrected chi connectivity index (χ0v) is 8.38. The Morgan fingerprint density at radius 2 is 1.87 bits per heavy atom. The molecule has 0 spiro atoms. The minimum Gasteiger partial charge on any atom is -0.386 e. The fraction of sp³-hybridized carbons (Fsp3) is 0.231. The van der Waals surface area contributed by atoms with Gasteiger partial charge in [-0.1, -0.05) is 48.6 Å². The van der Waals surface area contributed by atoms with Gasteiger partial charge in [0.15, 0.2) is 0 Å². The van der Waals surface area contributed by atoms with Gasteiger partial charge in [-0.3, -0.25) is 0 Å². The molecule has 0 amide bonds. The molecule has 0 aliphatic heterocycles. The maximum atomic E-state index is 10.2. The van der Waals surface area contributed by atoms with E-state index >= 15 is 0 Å². The van der Waals surface area contributed by atoms with Gasteiger partial charge in [0.05, 0.1) is 0 Å². The molecule has 1 aliphatic carbocycles. The molecule has 0 saturated heterocycles. The normalized spacial score (nSPS) is 29.3. The molecule has 2 nitrogen and oxygen atoms in total. The number of aliphatic hydroxyl groups is 2. The summed E-state index contributed by atoms with van der Waals surface area (Å²) in [4.78, 5) is 0. The predicted molar refractivity (Wildman–Crippen MR) is 59.4 cm³/mol. The van der Waals surface area contributed by atoms with Crippen molar-refractivity contribution >= 4 is 0 Å². The van der Waals surface area contributed by atoms with Crippen molar-refractivity contribution in [3.05, 3.63) is 60.2 Å². The Hall–Kier alpha value is -1.38. The summed E-state index contributed by atoms with van der Waals surface area (Å²) in [6.45, 7) is 0. The molecule has 0 heterocycles. The van der Waals surface area contributed by atoms with Gasteiger partial charge < -0.3 is 10.2 Å². The van der Waals surface area contributed by atoms with Gasteiger partial charge in [0.2, 0.25) is 0 Å². The van der Waals surface area contributed by atoms with Crippen LogP contribution in [-0.2, 0) is 6.42 Å². The van der Waals surface area contributed by atoms with Crippen LogP contribution in [0.5, 0.6) is 0 Å². The average Bonchev–Trinajstić information content (AvgIpc) is 2.24. The van der Waals surface area contributed by atoms with E-state index in [9.17, 15) is 10.2 Å². The molecule has 2 N–H and O–H groups in total. The number of allylic oxidation sites excluding steroid dienone is 2. The maximum absolute atomic E-state index is 10.2. The second kappa shape index (κ2) is 4.01. The average molecular weight is 202 g/mol. The Balaban J connectivity index is 2.18. The number of benzene rings is 1. The highest BCUT2D eigenvalue weighted by Crippen LogP contribution is 2.23. The van der Waals surface area contributed by atoms with Gasteiger partial charge in [0.25, 0.3) is 0 Å². The van der Waals surface area contributed by atoms with Crippen LogP contribution >= 0.6 is 0 Å². The standard InChI is InChI=1S/C13H14O2/c14-12-8-4-5-9-13(12,15)10-11-6-2-1-3-7-11/h1-9,12,14-15H,10H2. The molecular formula is C13H14O2. The van der Waals surface area contributed by atoms with Crippen LogP contribution < -0.4 is 0 Å². The highest BCUT2D eigenvalue weighted by molar-refractivity contribution is 5.27. The SMILES string of the molecule is OC1C=CC=CC1(O)Cc1ccccc1. The summed E-state index contributed by atoms with van der Waals surface area (Å²) < 4.78 is 0. The summed E-state index contributed by atoms with van der Waals surface area (Å²) in [5, 5.41) is 19.9. The smallest absolute Gasteiger partial charge is 0.116 e. The molecule has 1 aromatic carbocycles. The van der Waals surface area contributed by atoms with Crippen molar-refractivity contribution < 1.29 is 10.2 Å². The molecule has 0 saturated carbocycles. The Bertz CT molecular complexity index is 381. The largest absolute Gasteiger partial charge is 0.386 e. The lowest BCUT2D eigenvalue weighted by Crippen LogP contribution is -2.42. The lowest BCUT2D eigenvalue weighted by Gasteiger charge is -2.30. The molecule has 0 radical (unpaired) electrons. The summed E-state index contributed by atoms with van der Waals surface area (Å²) in [7, 11) is 0. The fourth-order valence-electron chi connectivity index (χ4n) is 1.74. The number of rotatable bonds is 2. The van der Waals surface area contributed by atoms with Gasteiger partial charge in [0, 0.05) is 6.42 Å². The lowest BCUT2D eigenvalue weighted by molar-refractivity contribution is -0.0148. The van der Waals surface area contributed by atoms with Crippen molar-refractivity contribution in [3.63, 3.8) is 0 Å². The molecule has 2 unspecified atom stereocenters. The third-order valence-corrected chi connectivity index (χ3v) is 2.63. The van der Waals surface area contributed by atoms with Crippen molar-refractivity contribution in [3.8, 4) is 0 Å². The van der Waals surface area contributed by atoms with E-state index in [1.165, 1.54) is 0 Å².